The SMILES string of the molecule is CCCCC[C@]1(CC(C)O[Si](C)(C)C(C)(C)C)CCCC(=O)N1. The Kier molecular flexibility index (Phi) is 7.33. The summed E-state index contributed by atoms with van der Waals surface area (Å²) in [5.74, 6) is 0.229. The maximum atomic E-state index is 12.0. The van der Waals surface area contributed by atoms with Gasteiger partial charge in [-0.2, -0.15) is 0 Å². The molecule has 1 rings (SSSR count). The fourth-order valence-electron chi connectivity index (χ4n) is 3.44. The van der Waals surface area contributed by atoms with Crippen molar-refractivity contribution in [1.82, 2.24) is 5.32 Å². The first-order chi connectivity index (χ1) is 10.5. The van der Waals surface area contributed by atoms with Crippen molar-refractivity contribution in [2.24, 2.45) is 0 Å². The summed E-state index contributed by atoms with van der Waals surface area (Å²) >= 11 is 0. The number of rotatable bonds is 8. The number of unbranched alkanes of at least 4 members (excludes halogenated alkanes) is 2. The summed E-state index contributed by atoms with van der Waals surface area (Å²) in [5.41, 5.74) is -0.0354. The fraction of sp³-hybridized carbons (Fsp3) is 0.947. The lowest BCUT2D eigenvalue weighted by Crippen LogP contribution is -2.54. The Labute approximate surface area is 145 Å². The molecule has 0 aromatic carbocycles. The van der Waals surface area contributed by atoms with Crippen LogP contribution in [-0.2, 0) is 9.22 Å². The molecule has 1 aliphatic rings. The van der Waals surface area contributed by atoms with Crippen LogP contribution in [0.25, 0.3) is 0 Å². The molecule has 0 aromatic heterocycles. The molecule has 136 valence electrons. The molecule has 0 saturated carbocycles. The number of amides is 1. The van der Waals surface area contributed by atoms with E-state index in [1.807, 2.05) is 0 Å². The van der Waals surface area contributed by atoms with E-state index in [4.69, 9.17) is 4.43 Å². The van der Waals surface area contributed by atoms with Crippen molar-refractivity contribution in [3.05, 3.63) is 0 Å². The van der Waals surface area contributed by atoms with Crippen LogP contribution in [0.3, 0.4) is 0 Å². The number of carbonyl (C=O) groups is 1. The summed E-state index contributed by atoms with van der Waals surface area (Å²) in [7, 11) is -1.75. The fourth-order valence-corrected chi connectivity index (χ4v) is 4.88. The zero-order valence-electron chi connectivity index (χ0n) is 16.6. The first-order valence-corrected chi connectivity index (χ1v) is 12.4. The second-order valence-electron chi connectivity index (χ2n) is 9.03. The van der Waals surface area contributed by atoms with Gasteiger partial charge in [-0.05, 0) is 50.7 Å². The highest BCUT2D eigenvalue weighted by atomic mass is 28.4. The predicted octanol–water partition coefficient (Wildman–Crippen LogP) is 5.41. The molecule has 1 N–H and O–H groups in total. The first kappa shape index (κ1) is 20.7. The Morgan fingerprint density at radius 2 is 1.96 bits per heavy atom. The van der Waals surface area contributed by atoms with Crippen LogP contribution in [0.1, 0.15) is 86.0 Å². The Morgan fingerprint density at radius 1 is 1.30 bits per heavy atom. The van der Waals surface area contributed by atoms with E-state index >= 15 is 0 Å². The molecule has 1 fully saturated rings. The Bertz CT molecular complexity index is 389. The van der Waals surface area contributed by atoms with Crippen LogP contribution >= 0.6 is 0 Å². The van der Waals surface area contributed by atoms with E-state index in [9.17, 15) is 4.79 Å². The van der Waals surface area contributed by atoms with E-state index < -0.39 is 8.32 Å². The van der Waals surface area contributed by atoms with Crippen molar-refractivity contribution in [1.29, 1.82) is 0 Å². The van der Waals surface area contributed by atoms with Crippen LogP contribution in [0, 0.1) is 0 Å². The van der Waals surface area contributed by atoms with Gasteiger partial charge in [0, 0.05) is 18.1 Å². The average Bonchev–Trinajstić information content (AvgIpc) is 2.36. The molecule has 0 aromatic rings. The summed E-state index contributed by atoms with van der Waals surface area (Å²) in [5, 5.41) is 3.57. The number of hydrogen-bond acceptors (Lipinski definition) is 2. The average molecular weight is 342 g/mol. The third-order valence-corrected chi connectivity index (χ3v) is 10.3. The van der Waals surface area contributed by atoms with Crippen LogP contribution in [-0.4, -0.2) is 25.9 Å². The van der Waals surface area contributed by atoms with Gasteiger partial charge in [0.1, 0.15) is 0 Å². The van der Waals surface area contributed by atoms with E-state index in [0.29, 0.717) is 6.42 Å². The maximum absolute atomic E-state index is 12.0. The number of carbonyl (C=O) groups excluding carboxylic acids is 1. The van der Waals surface area contributed by atoms with Gasteiger partial charge >= 0.3 is 0 Å². The van der Waals surface area contributed by atoms with Crippen molar-refractivity contribution in [2.45, 2.75) is 116 Å². The lowest BCUT2D eigenvalue weighted by Gasteiger charge is -2.43. The van der Waals surface area contributed by atoms with Crippen molar-refractivity contribution < 1.29 is 9.22 Å². The summed E-state index contributed by atoms with van der Waals surface area (Å²) < 4.78 is 6.56. The van der Waals surface area contributed by atoms with Gasteiger partial charge in [-0.15, -0.1) is 0 Å². The van der Waals surface area contributed by atoms with Gasteiger partial charge in [0.25, 0.3) is 0 Å². The van der Waals surface area contributed by atoms with Gasteiger partial charge in [0.2, 0.25) is 5.91 Å². The second-order valence-corrected chi connectivity index (χ2v) is 13.8. The van der Waals surface area contributed by atoms with Gasteiger partial charge in [-0.1, -0.05) is 47.0 Å². The van der Waals surface area contributed by atoms with Crippen LogP contribution < -0.4 is 5.32 Å². The molecule has 0 radical (unpaired) electrons. The smallest absolute Gasteiger partial charge is 0.220 e. The van der Waals surface area contributed by atoms with Crippen LogP contribution in [0.5, 0.6) is 0 Å². The minimum Gasteiger partial charge on any atom is -0.414 e. The van der Waals surface area contributed by atoms with Gasteiger partial charge in [-0.25, -0.2) is 0 Å². The lowest BCUT2D eigenvalue weighted by molar-refractivity contribution is -0.125. The second kappa shape index (κ2) is 8.15. The zero-order valence-corrected chi connectivity index (χ0v) is 17.6. The monoisotopic (exact) mass is 341 g/mol. The first-order valence-electron chi connectivity index (χ1n) is 9.50. The molecule has 1 amide bonds. The van der Waals surface area contributed by atoms with Crippen LogP contribution in [0.15, 0.2) is 0 Å². The summed E-state index contributed by atoms with van der Waals surface area (Å²) in [6.07, 6.45) is 8.73. The third-order valence-electron chi connectivity index (χ3n) is 5.70. The topological polar surface area (TPSA) is 38.3 Å². The highest BCUT2D eigenvalue weighted by Crippen LogP contribution is 2.39. The molecular formula is C19H39NO2Si. The number of piperidine rings is 1. The molecule has 4 heteroatoms. The summed E-state index contributed by atoms with van der Waals surface area (Å²) in [6.45, 7) is 15.9. The number of nitrogens with one attached hydrogen (secondary N) is 1. The Balaban J connectivity index is 2.74. The van der Waals surface area contributed by atoms with Crippen LogP contribution in [0.4, 0.5) is 0 Å². The molecule has 3 nitrogen and oxygen atoms in total. The molecule has 23 heavy (non-hydrogen) atoms. The molecule has 1 heterocycles. The van der Waals surface area contributed by atoms with Gasteiger partial charge < -0.3 is 9.74 Å². The van der Waals surface area contributed by atoms with Crippen LogP contribution in [0.2, 0.25) is 18.1 Å². The van der Waals surface area contributed by atoms with Crippen molar-refractivity contribution in [3.63, 3.8) is 0 Å². The highest BCUT2D eigenvalue weighted by molar-refractivity contribution is 6.74. The van der Waals surface area contributed by atoms with E-state index in [1.54, 1.807) is 0 Å². The largest absolute Gasteiger partial charge is 0.414 e. The van der Waals surface area contributed by atoms with E-state index in [0.717, 1.165) is 25.7 Å². The minimum absolute atomic E-state index is 0.0354. The normalized spacial score (nSPS) is 24.4. The Morgan fingerprint density at radius 3 is 2.48 bits per heavy atom. The Hall–Kier alpha value is -0.353. The van der Waals surface area contributed by atoms with E-state index in [-0.39, 0.29) is 22.6 Å². The zero-order chi connectivity index (χ0) is 17.7. The molecule has 1 unspecified atom stereocenters. The van der Waals surface area contributed by atoms with Gasteiger partial charge in [0.15, 0.2) is 8.32 Å². The molecule has 2 atom stereocenters. The van der Waals surface area contributed by atoms with Crippen molar-refractivity contribution in [2.75, 3.05) is 0 Å². The van der Waals surface area contributed by atoms with Gasteiger partial charge in [0.05, 0.1) is 0 Å². The molecule has 1 saturated heterocycles. The summed E-state index contributed by atoms with van der Waals surface area (Å²) in [4.78, 5) is 12.0. The van der Waals surface area contributed by atoms with Gasteiger partial charge in [-0.3, -0.25) is 4.79 Å². The molecule has 0 spiro atoms. The third kappa shape index (κ3) is 6.22. The molecular weight excluding hydrogens is 302 g/mol. The predicted molar refractivity (Wildman–Crippen MR) is 101 cm³/mol. The van der Waals surface area contributed by atoms with Crippen molar-refractivity contribution in [3.8, 4) is 0 Å². The quantitative estimate of drug-likeness (QED) is 0.474. The summed E-state index contributed by atoms with van der Waals surface area (Å²) in [6, 6.07) is 0. The van der Waals surface area contributed by atoms with E-state index in [1.165, 1.54) is 19.3 Å². The molecule has 0 aliphatic carbocycles. The van der Waals surface area contributed by atoms with E-state index in [2.05, 4.69) is 53.0 Å². The highest BCUT2D eigenvalue weighted by Gasteiger charge is 2.41. The maximum Gasteiger partial charge on any atom is 0.220 e. The molecule has 1 aliphatic heterocycles. The van der Waals surface area contributed by atoms with Crippen molar-refractivity contribution >= 4 is 14.2 Å². The molecule has 0 bridgehead atoms. The lowest BCUT2D eigenvalue weighted by atomic mass is 9.80. The minimum atomic E-state index is -1.75. The standard InChI is InChI=1S/C19H39NO2Si/c1-8-9-10-13-19(14-11-12-17(21)20-19)15-16(2)22-23(6,7)18(3,4)5/h16H,8-15H2,1-7H3,(H,20,21)/t16?,19-/m1/s1. The number of hydrogen-bond donors (Lipinski definition) is 1.